The Labute approximate surface area is 170 Å². The van der Waals surface area contributed by atoms with Crippen LogP contribution in [-0.4, -0.2) is 65.9 Å². The predicted octanol–water partition coefficient (Wildman–Crippen LogP) is 2.06. The third kappa shape index (κ3) is 5.06. The second-order valence-corrected chi connectivity index (χ2v) is 7.25. The number of carboxylic acid groups (broad SMARTS) is 1. The zero-order valence-electron chi connectivity index (χ0n) is 16.2. The van der Waals surface area contributed by atoms with Crippen molar-refractivity contribution < 1.29 is 32.6 Å². The molecule has 2 aliphatic heterocycles. The van der Waals surface area contributed by atoms with E-state index < -0.39 is 12.1 Å². The van der Waals surface area contributed by atoms with Crippen molar-refractivity contribution in [1.82, 2.24) is 15.2 Å². The number of aromatic nitrogens is 1. The second-order valence-electron chi connectivity index (χ2n) is 7.25. The fourth-order valence-corrected chi connectivity index (χ4v) is 3.80. The molecule has 0 saturated carbocycles. The van der Waals surface area contributed by atoms with Crippen LogP contribution < -0.4 is 5.32 Å². The lowest BCUT2D eigenvalue weighted by Gasteiger charge is -2.18. The summed E-state index contributed by atoms with van der Waals surface area (Å²) in [6.07, 6.45) is -4.90. The predicted molar refractivity (Wildman–Crippen MR) is 101 cm³/mol. The van der Waals surface area contributed by atoms with Crippen LogP contribution in [0.3, 0.4) is 0 Å². The molecule has 30 heavy (non-hydrogen) atoms. The summed E-state index contributed by atoms with van der Waals surface area (Å²) >= 11 is 0. The lowest BCUT2D eigenvalue weighted by molar-refractivity contribution is -0.192. The molecule has 2 aromatic rings. The zero-order valence-corrected chi connectivity index (χ0v) is 16.2. The van der Waals surface area contributed by atoms with E-state index >= 15 is 0 Å². The van der Waals surface area contributed by atoms with E-state index in [1.165, 1.54) is 0 Å². The highest BCUT2D eigenvalue weighted by molar-refractivity contribution is 5.79. The number of carbonyl (C=O) groups excluding carboxylic acids is 1. The SMILES string of the molecule is CNC(=O)[C@H]1CO[C@@H]2CN(Cc3ccc4ccccc4n3)C[C@H]12.O=C(O)C(F)(F)F. The Balaban J connectivity index is 0.000000318. The lowest BCUT2D eigenvalue weighted by atomic mass is 9.92. The third-order valence-corrected chi connectivity index (χ3v) is 5.26. The number of rotatable bonds is 3. The maximum absolute atomic E-state index is 11.9. The highest BCUT2D eigenvalue weighted by atomic mass is 19.4. The average Bonchev–Trinajstić information content (AvgIpc) is 3.27. The van der Waals surface area contributed by atoms with E-state index in [1.807, 2.05) is 18.2 Å². The van der Waals surface area contributed by atoms with Gasteiger partial charge in [-0.05, 0) is 12.1 Å². The number of halogens is 3. The van der Waals surface area contributed by atoms with E-state index in [9.17, 15) is 18.0 Å². The quantitative estimate of drug-likeness (QED) is 0.782. The normalized spacial score (nSPS) is 23.5. The second kappa shape index (κ2) is 8.97. The summed E-state index contributed by atoms with van der Waals surface area (Å²) in [5.41, 5.74) is 2.10. The van der Waals surface area contributed by atoms with Crippen molar-refractivity contribution in [1.29, 1.82) is 0 Å². The molecule has 7 nitrogen and oxygen atoms in total. The number of alkyl halides is 3. The third-order valence-electron chi connectivity index (χ3n) is 5.26. The number of likely N-dealkylation sites (tertiary alicyclic amines) is 1. The van der Waals surface area contributed by atoms with Crippen LogP contribution in [0.5, 0.6) is 0 Å². The number of amides is 1. The number of para-hydroxylation sites is 1. The largest absolute Gasteiger partial charge is 0.490 e. The minimum Gasteiger partial charge on any atom is -0.475 e. The van der Waals surface area contributed by atoms with Crippen LogP contribution in [0.15, 0.2) is 36.4 Å². The number of hydrogen-bond donors (Lipinski definition) is 2. The van der Waals surface area contributed by atoms with E-state index in [0.29, 0.717) is 12.5 Å². The Morgan fingerprint density at radius 2 is 1.93 bits per heavy atom. The van der Waals surface area contributed by atoms with Crippen LogP contribution in [0.25, 0.3) is 10.9 Å². The van der Waals surface area contributed by atoms with E-state index in [-0.39, 0.29) is 17.9 Å². The number of fused-ring (bicyclic) bond motifs is 2. The van der Waals surface area contributed by atoms with Gasteiger partial charge in [0.2, 0.25) is 5.91 Å². The summed E-state index contributed by atoms with van der Waals surface area (Å²) in [6.45, 7) is 3.14. The van der Waals surface area contributed by atoms with Gasteiger partial charge in [-0.1, -0.05) is 24.3 Å². The molecular weight excluding hydrogens is 403 g/mol. The lowest BCUT2D eigenvalue weighted by Crippen LogP contribution is -2.34. The molecular formula is C20H22F3N3O4. The number of pyridine rings is 1. The van der Waals surface area contributed by atoms with Gasteiger partial charge in [-0.25, -0.2) is 4.79 Å². The molecule has 0 aliphatic carbocycles. The Bertz CT molecular complexity index is 922. The first-order chi connectivity index (χ1) is 14.2. The number of aliphatic carboxylic acids is 1. The number of nitrogens with one attached hydrogen (secondary N) is 1. The van der Waals surface area contributed by atoms with Gasteiger partial charge in [0.25, 0.3) is 0 Å². The molecule has 162 valence electrons. The van der Waals surface area contributed by atoms with Gasteiger partial charge in [-0.2, -0.15) is 13.2 Å². The monoisotopic (exact) mass is 425 g/mol. The average molecular weight is 425 g/mol. The molecule has 0 bridgehead atoms. The fraction of sp³-hybridized carbons (Fsp3) is 0.450. The van der Waals surface area contributed by atoms with Crippen LogP contribution >= 0.6 is 0 Å². The Morgan fingerprint density at radius 3 is 2.60 bits per heavy atom. The number of carbonyl (C=O) groups is 2. The minimum absolute atomic E-state index is 0.0143. The van der Waals surface area contributed by atoms with Crippen LogP contribution in [0, 0.1) is 11.8 Å². The summed E-state index contributed by atoms with van der Waals surface area (Å²) in [7, 11) is 1.70. The van der Waals surface area contributed by atoms with Crippen molar-refractivity contribution >= 4 is 22.8 Å². The summed E-state index contributed by atoms with van der Waals surface area (Å²) < 4.78 is 37.6. The van der Waals surface area contributed by atoms with Gasteiger partial charge in [0.05, 0.1) is 29.8 Å². The molecule has 0 radical (unpaired) electrons. The molecule has 3 heterocycles. The van der Waals surface area contributed by atoms with E-state index in [1.54, 1.807) is 7.05 Å². The van der Waals surface area contributed by atoms with Gasteiger partial charge in [0, 0.05) is 38.0 Å². The van der Waals surface area contributed by atoms with E-state index in [0.717, 1.165) is 36.2 Å². The van der Waals surface area contributed by atoms with Crippen LogP contribution in [0.1, 0.15) is 5.69 Å². The Morgan fingerprint density at radius 1 is 1.23 bits per heavy atom. The van der Waals surface area contributed by atoms with Gasteiger partial charge < -0.3 is 15.2 Å². The van der Waals surface area contributed by atoms with Gasteiger partial charge in [-0.15, -0.1) is 0 Å². The highest BCUT2D eigenvalue weighted by Gasteiger charge is 2.46. The number of hydrogen-bond acceptors (Lipinski definition) is 5. The van der Waals surface area contributed by atoms with Gasteiger partial charge in [0.15, 0.2) is 0 Å². The maximum atomic E-state index is 11.9. The zero-order chi connectivity index (χ0) is 21.9. The molecule has 1 aromatic carbocycles. The van der Waals surface area contributed by atoms with Crippen molar-refractivity contribution in [2.75, 3.05) is 26.7 Å². The maximum Gasteiger partial charge on any atom is 0.490 e. The van der Waals surface area contributed by atoms with E-state index in [4.69, 9.17) is 19.6 Å². The van der Waals surface area contributed by atoms with Gasteiger partial charge in [-0.3, -0.25) is 14.7 Å². The Hall–Kier alpha value is -2.72. The number of carboxylic acids is 1. The molecule has 2 fully saturated rings. The standard InChI is InChI=1S/C18H21N3O2.C2HF3O2/c1-19-18(22)15-11-23-17-10-21(9-14(15)17)8-13-7-6-12-4-2-3-5-16(12)20-13;3-2(4,5)1(6)7/h2-7,14-15,17H,8-11H2,1H3,(H,19,22);(H,6,7)/t14-,15+,17-;/m1./s1. The smallest absolute Gasteiger partial charge is 0.475 e. The fourth-order valence-electron chi connectivity index (χ4n) is 3.80. The molecule has 10 heteroatoms. The summed E-state index contributed by atoms with van der Waals surface area (Å²) in [5, 5.41) is 11.0. The van der Waals surface area contributed by atoms with Crippen LogP contribution in [0.4, 0.5) is 13.2 Å². The molecule has 3 atom stereocenters. The summed E-state index contributed by atoms with van der Waals surface area (Å²) in [6, 6.07) is 12.4. The van der Waals surface area contributed by atoms with Crippen LogP contribution in [-0.2, 0) is 20.9 Å². The molecule has 2 aliphatic rings. The number of nitrogens with zero attached hydrogens (tertiary/aromatic N) is 2. The molecule has 4 rings (SSSR count). The number of ether oxygens (including phenoxy) is 1. The van der Waals surface area contributed by atoms with Crippen molar-refractivity contribution in [3.8, 4) is 0 Å². The first-order valence-corrected chi connectivity index (χ1v) is 9.39. The molecule has 1 aromatic heterocycles. The molecule has 0 unspecified atom stereocenters. The van der Waals surface area contributed by atoms with Crippen molar-refractivity contribution in [3.63, 3.8) is 0 Å². The van der Waals surface area contributed by atoms with E-state index in [2.05, 4.69) is 28.4 Å². The number of benzene rings is 1. The molecule has 0 spiro atoms. The van der Waals surface area contributed by atoms with Crippen molar-refractivity contribution in [2.24, 2.45) is 11.8 Å². The van der Waals surface area contributed by atoms with Crippen molar-refractivity contribution in [3.05, 3.63) is 42.1 Å². The van der Waals surface area contributed by atoms with Gasteiger partial charge in [0.1, 0.15) is 0 Å². The summed E-state index contributed by atoms with van der Waals surface area (Å²) in [5.74, 6) is -2.37. The topological polar surface area (TPSA) is 91.8 Å². The van der Waals surface area contributed by atoms with Gasteiger partial charge >= 0.3 is 12.1 Å². The first kappa shape index (κ1) is 22.0. The highest BCUT2D eigenvalue weighted by Crippen LogP contribution is 2.34. The van der Waals surface area contributed by atoms with Crippen LogP contribution in [0.2, 0.25) is 0 Å². The molecule has 2 saturated heterocycles. The van der Waals surface area contributed by atoms with Crippen molar-refractivity contribution in [2.45, 2.75) is 18.8 Å². The minimum atomic E-state index is -5.08. The summed E-state index contributed by atoms with van der Waals surface area (Å²) in [4.78, 5) is 27.9. The Kier molecular flexibility index (Phi) is 6.57. The first-order valence-electron chi connectivity index (χ1n) is 9.39. The molecule has 1 amide bonds. The molecule has 2 N–H and O–H groups in total.